The molecule has 0 aromatic heterocycles. The van der Waals surface area contributed by atoms with E-state index in [1.165, 1.54) is 0 Å². The SMILES string of the molecule is CC(C)(C)[Si](C)(C)OS(=O)(=O)N([Si](C)(C)C(C)(C)C)[Si](C)(C)C(C)(C)C. The molecule has 0 aromatic rings. The average molecular weight is 440 g/mol. The molecule has 0 radical (unpaired) electrons. The Balaban J connectivity index is 6.65. The first kappa shape index (κ1) is 26.5. The molecule has 0 aromatic carbocycles. The summed E-state index contributed by atoms with van der Waals surface area (Å²) in [5.74, 6) is 0. The highest BCUT2D eigenvalue weighted by atomic mass is 32.2. The fourth-order valence-electron chi connectivity index (χ4n) is 2.29. The lowest BCUT2D eigenvalue weighted by molar-refractivity contribution is 0.427. The average Bonchev–Trinajstić information content (AvgIpc) is 2.19. The summed E-state index contributed by atoms with van der Waals surface area (Å²) in [5.41, 5.74) is 0. The monoisotopic (exact) mass is 439 g/mol. The smallest absolute Gasteiger partial charge is 0.304 e. The van der Waals surface area contributed by atoms with E-state index in [0.29, 0.717) is 0 Å². The van der Waals surface area contributed by atoms with Crippen LogP contribution in [0.25, 0.3) is 0 Å². The number of hydrogen-bond donors (Lipinski definition) is 0. The predicted octanol–water partition coefficient (Wildman–Crippen LogP) is 6.57. The molecule has 0 bridgehead atoms. The van der Waals surface area contributed by atoms with Gasteiger partial charge in [-0.15, -0.1) is 0 Å². The van der Waals surface area contributed by atoms with Crippen molar-refractivity contribution in [1.29, 1.82) is 0 Å². The molecular weight excluding hydrogens is 395 g/mol. The zero-order valence-electron chi connectivity index (χ0n) is 20.1. The van der Waals surface area contributed by atoms with E-state index in [4.69, 9.17) is 3.87 Å². The summed E-state index contributed by atoms with van der Waals surface area (Å²) in [6.07, 6.45) is 0. The van der Waals surface area contributed by atoms with Crippen LogP contribution in [0, 0.1) is 0 Å². The minimum Gasteiger partial charge on any atom is -0.304 e. The van der Waals surface area contributed by atoms with Crippen LogP contribution in [-0.4, -0.2) is 36.8 Å². The molecule has 0 fully saturated rings. The van der Waals surface area contributed by atoms with Crippen molar-refractivity contribution < 1.29 is 12.3 Å². The van der Waals surface area contributed by atoms with Gasteiger partial charge in [0.05, 0.1) is 0 Å². The van der Waals surface area contributed by atoms with Gasteiger partial charge in [0.1, 0.15) is 16.5 Å². The van der Waals surface area contributed by atoms with Crippen molar-refractivity contribution in [2.24, 2.45) is 0 Å². The van der Waals surface area contributed by atoms with Crippen molar-refractivity contribution in [3.8, 4) is 0 Å². The summed E-state index contributed by atoms with van der Waals surface area (Å²) in [6.45, 7) is 32.0. The summed E-state index contributed by atoms with van der Waals surface area (Å²) >= 11 is 0. The van der Waals surface area contributed by atoms with Gasteiger partial charge in [0.2, 0.25) is 8.32 Å². The van der Waals surface area contributed by atoms with Crippen molar-refractivity contribution >= 4 is 35.1 Å². The van der Waals surface area contributed by atoms with Crippen LogP contribution < -0.4 is 0 Å². The Bertz CT molecular complexity index is 581. The van der Waals surface area contributed by atoms with E-state index >= 15 is 0 Å². The zero-order chi connectivity index (χ0) is 21.8. The van der Waals surface area contributed by atoms with Crippen LogP contribution >= 0.6 is 0 Å². The summed E-state index contributed by atoms with van der Waals surface area (Å²) in [4.78, 5) is 0. The van der Waals surface area contributed by atoms with E-state index < -0.39 is 35.1 Å². The van der Waals surface area contributed by atoms with Crippen LogP contribution in [0.2, 0.25) is 54.4 Å². The summed E-state index contributed by atoms with van der Waals surface area (Å²) in [7, 11) is -11.0. The molecule has 0 amide bonds. The largest absolute Gasteiger partial charge is 0.316 e. The molecule has 4 nitrogen and oxygen atoms in total. The maximum Gasteiger partial charge on any atom is 0.316 e. The maximum atomic E-state index is 13.8. The first-order chi connectivity index (χ1) is 10.8. The molecule has 0 heterocycles. The van der Waals surface area contributed by atoms with Gasteiger partial charge in [-0.25, -0.2) is 3.64 Å². The van der Waals surface area contributed by atoms with E-state index in [2.05, 4.69) is 88.5 Å². The lowest BCUT2D eigenvalue weighted by Gasteiger charge is -2.55. The summed E-state index contributed by atoms with van der Waals surface area (Å²) in [5, 5.41) is -0.342. The quantitative estimate of drug-likeness (QED) is 0.455. The molecule has 0 spiro atoms. The van der Waals surface area contributed by atoms with Gasteiger partial charge in [0, 0.05) is 0 Å². The van der Waals surface area contributed by atoms with Gasteiger partial charge in [0.25, 0.3) is 0 Å². The Morgan fingerprint density at radius 3 is 1.08 bits per heavy atom. The van der Waals surface area contributed by atoms with E-state index in [1.54, 1.807) is 0 Å². The number of hydrogen-bond acceptors (Lipinski definition) is 3. The molecule has 0 aliphatic carbocycles. The highest BCUT2D eigenvalue weighted by Crippen LogP contribution is 2.49. The van der Waals surface area contributed by atoms with Gasteiger partial charge in [-0.3, -0.25) is 0 Å². The standard InChI is InChI=1S/C18H45NO3SSi3/c1-16(2,3)24(10,11)19(25(12,13)17(4,5)6)23(20,21)22-26(14,15)18(7,8)9/h1-15H3. The van der Waals surface area contributed by atoms with Crippen LogP contribution in [-0.2, 0) is 14.2 Å². The second-order valence-corrected chi connectivity index (χ2v) is 29.8. The third kappa shape index (κ3) is 5.11. The molecule has 0 unspecified atom stereocenters. The molecule has 26 heavy (non-hydrogen) atoms. The molecule has 0 aliphatic heterocycles. The van der Waals surface area contributed by atoms with Crippen molar-refractivity contribution in [1.82, 2.24) is 3.64 Å². The van der Waals surface area contributed by atoms with Crippen LogP contribution in [0.15, 0.2) is 0 Å². The molecule has 0 saturated heterocycles. The van der Waals surface area contributed by atoms with Gasteiger partial charge in [-0.1, -0.05) is 88.5 Å². The van der Waals surface area contributed by atoms with Crippen molar-refractivity contribution in [3.05, 3.63) is 0 Å². The van der Waals surface area contributed by atoms with Crippen molar-refractivity contribution in [2.45, 2.75) is 117 Å². The van der Waals surface area contributed by atoms with Gasteiger partial charge >= 0.3 is 10.3 Å². The maximum absolute atomic E-state index is 13.8. The lowest BCUT2D eigenvalue weighted by Crippen LogP contribution is -2.71. The van der Waals surface area contributed by atoms with E-state index in [9.17, 15) is 8.42 Å². The first-order valence-corrected chi connectivity index (χ1v) is 19.8. The summed E-state index contributed by atoms with van der Waals surface area (Å²) in [6, 6.07) is 0. The van der Waals surface area contributed by atoms with Gasteiger partial charge in [-0.05, 0) is 28.2 Å². The minimum absolute atomic E-state index is 0.0909. The van der Waals surface area contributed by atoms with Crippen LogP contribution in [0.1, 0.15) is 62.3 Å². The first-order valence-electron chi connectivity index (χ1n) is 9.58. The van der Waals surface area contributed by atoms with E-state index in [1.807, 2.05) is 16.7 Å². The minimum atomic E-state index is -3.83. The Morgan fingerprint density at radius 1 is 0.615 bits per heavy atom. The topological polar surface area (TPSA) is 46.6 Å². The van der Waals surface area contributed by atoms with Crippen molar-refractivity contribution in [3.63, 3.8) is 0 Å². The Morgan fingerprint density at radius 2 is 0.885 bits per heavy atom. The third-order valence-corrected chi connectivity index (χ3v) is 30.4. The van der Waals surface area contributed by atoms with Gasteiger partial charge < -0.3 is 3.87 Å². The highest BCUT2D eigenvalue weighted by Gasteiger charge is 2.58. The second kappa shape index (κ2) is 7.09. The van der Waals surface area contributed by atoms with Crippen LogP contribution in [0.5, 0.6) is 0 Å². The number of rotatable bonds is 5. The Hall–Kier alpha value is 0.521. The fourth-order valence-corrected chi connectivity index (χ4v) is 21.3. The van der Waals surface area contributed by atoms with Gasteiger partial charge in [-0.2, -0.15) is 8.42 Å². The zero-order valence-corrected chi connectivity index (χ0v) is 23.9. The lowest BCUT2D eigenvalue weighted by atomic mass is 10.2. The predicted molar refractivity (Wildman–Crippen MR) is 123 cm³/mol. The Labute approximate surface area is 167 Å². The van der Waals surface area contributed by atoms with Crippen LogP contribution in [0.3, 0.4) is 0 Å². The fraction of sp³-hybridized carbons (Fsp3) is 1.00. The normalized spacial score (nSPS) is 16.3. The van der Waals surface area contributed by atoms with Gasteiger partial charge in [0.15, 0.2) is 0 Å². The molecular formula is C18H45NO3SSi3. The summed E-state index contributed by atoms with van der Waals surface area (Å²) < 4.78 is 35.6. The molecule has 0 N–H and O–H groups in total. The Kier molecular flexibility index (Phi) is 7.23. The molecule has 0 saturated carbocycles. The molecule has 0 atom stereocenters. The van der Waals surface area contributed by atoms with Crippen LogP contribution in [0.4, 0.5) is 0 Å². The third-order valence-electron chi connectivity index (χ3n) is 7.03. The second-order valence-electron chi connectivity index (χ2n) is 12.2. The highest BCUT2D eigenvalue weighted by molar-refractivity contribution is 7.88. The molecule has 8 heteroatoms. The van der Waals surface area contributed by atoms with Crippen molar-refractivity contribution in [2.75, 3.05) is 0 Å². The molecule has 158 valence electrons. The van der Waals surface area contributed by atoms with E-state index in [-0.39, 0.29) is 15.1 Å². The van der Waals surface area contributed by atoms with E-state index in [0.717, 1.165) is 0 Å². The number of nitrogens with zero attached hydrogens (tertiary/aromatic N) is 1. The molecule has 0 rings (SSSR count). The molecule has 0 aliphatic rings.